The second kappa shape index (κ2) is 7.89. The molecule has 2 heterocycles. The maximum absolute atomic E-state index is 13.8. The number of fused-ring (bicyclic) bond motifs is 1. The van der Waals surface area contributed by atoms with Crippen LogP contribution >= 0.6 is 23.1 Å². The van der Waals surface area contributed by atoms with Crippen LogP contribution in [0.5, 0.6) is 0 Å². The molecule has 6 heteroatoms. The summed E-state index contributed by atoms with van der Waals surface area (Å²) in [6.07, 6.45) is 0. The van der Waals surface area contributed by atoms with E-state index in [0.29, 0.717) is 32.6 Å². The summed E-state index contributed by atoms with van der Waals surface area (Å²) in [6.45, 7) is 4.31. The van der Waals surface area contributed by atoms with Gasteiger partial charge in [-0.1, -0.05) is 68.1 Å². The van der Waals surface area contributed by atoms with E-state index in [2.05, 4.69) is 48.1 Å². The number of hydrogen-bond acceptors (Lipinski definition) is 4. The Morgan fingerprint density at radius 1 is 1.14 bits per heavy atom. The molecule has 1 N–H and O–H groups in total. The monoisotopic (exact) mass is 410 g/mol. The van der Waals surface area contributed by atoms with Gasteiger partial charge in [-0.3, -0.25) is 4.79 Å². The van der Waals surface area contributed by atoms with Crippen molar-refractivity contribution in [2.75, 3.05) is 0 Å². The van der Waals surface area contributed by atoms with Gasteiger partial charge in [0.2, 0.25) is 0 Å². The van der Waals surface area contributed by atoms with Crippen molar-refractivity contribution in [3.63, 3.8) is 0 Å². The average molecular weight is 411 g/mol. The minimum Gasteiger partial charge on any atom is -0.301 e. The summed E-state index contributed by atoms with van der Waals surface area (Å²) in [5.74, 6) is 0.629. The van der Waals surface area contributed by atoms with Crippen molar-refractivity contribution in [1.29, 1.82) is 0 Å². The van der Waals surface area contributed by atoms with Gasteiger partial charge in [0.1, 0.15) is 10.6 Å². The molecule has 0 atom stereocenters. The van der Waals surface area contributed by atoms with E-state index in [0.717, 1.165) is 11.1 Å². The number of nitrogens with zero attached hydrogens (tertiary/aromatic N) is 1. The van der Waals surface area contributed by atoms with Crippen molar-refractivity contribution in [3.8, 4) is 11.1 Å². The molecule has 28 heavy (non-hydrogen) atoms. The number of nitrogens with one attached hydrogen (secondary N) is 1. The first-order valence-corrected chi connectivity index (χ1v) is 10.9. The number of thiophene rings is 1. The van der Waals surface area contributed by atoms with Gasteiger partial charge in [-0.15, -0.1) is 11.3 Å². The van der Waals surface area contributed by atoms with Crippen LogP contribution < -0.4 is 5.56 Å². The minimum atomic E-state index is -0.248. The van der Waals surface area contributed by atoms with Gasteiger partial charge in [0.15, 0.2) is 5.16 Å². The SMILES string of the molecule is CC(C)c1ccc(-c2csc3nc(SCc4ccccc4F)[nH]c(=O)c23)cc1. The van der Waals surface area contributed by atoms with Crippen LogP contribution in [0.25, 0.3) is 21.3 Å². The van der Waals surface area contributed by atoms with E-state index in [1.807, 2.05) is 5.38 Å². The fourth-order valence-corrected chi connectivity index (χ4v) is 4.87. The molecule has 0 aliphatic rings. The first-order valence-electron chi connectivity index (χ1n) is 9.01. The lowest BCUT2D eigenvalue weighted by Crippen LogP contribution is -2.08. The van der Waals surface area contributed by atoms with Crippen LogP contribution in [0.3, 0.4) is 0 Å². The number of benzene rings is 2. The van der Waals surface area contributed by atoms with Gasteiger partial charge in [0.05, 0.1) is 5.39 Å². The molecule has 0 saturated heterocycles. The third kappa shape index (κ3) is 3.75. The summed E-state index contributed by atoms with van der Waals surface area (Å²) in [5.41, 5.74) is 3.60. The summed E-state index contributed by atoms with van der Waals surface area (Å²) in [6, 6.07) is 14.9. The molecule has 2 aromatic carbocycles. The van der Waals surface area contributed by atoms with Crippen LogP contribution in [0.2, 0.25) is 0 Å². The predicted octanol–water partition coefficient (Wildman–Crippen LogP) is 6.21. The van der Waals surface area contributed by atoms with Crippen LogP contribution in [-0.2, 0) is 5.75 Å². The zero-order valence-electron chi connectivity index (χ0n) is 15.5. The quantitative estimate of drug-likeness (QED) is 0.314. The van der Waals surface area contributed by atoms with E-state index in [9.17, 15) is 9.18 Å². The summed E-state index contributed by atoms with van der Waals surface area (Å²) in [4.78, 5) is 20.9. The third-order valence-electron chi connectivity index (χ3n) is 4.63. The molecule has 2 aromatic heterocycles. The molecular weight excluding hydrogens is 391 g/mol. The highest BCUT2D eigenvalue weighted by molar-refractivity contribution is 7.98. The van der Waals surface area contributed by atoms with Gasteiger partial charge in [-0.05, 0) is 28.7 Å². The summed E-state index contributed by atoms with van der Waals surface area (Å²) < 4.78 is 13.8. The smallest absolute Gasteiger partial charge is 0.260 e. The highest BCUT2D eigenvalue weighted by atomic mass is 32.2. The lowest BCUT2D eigenvalue weighted by molar-refractivity contribution is 0.617. The van der Waals surface area contributed by atoms with Gasteiger partial charge in [0, 0.05) is 16.7 Å². The van der Waals surface area contributed by atoms with Crippen molar-refractivity contribution in [1.82, 2.24) is 9.97 Å². The number of rotatable bonds is 5. The zero-order chi connectivity index (χ0) is 19.7. The molecule has 0 spiro atoms. The highest BCUT2D eigenvalue weighted by Crippen LogP contribution is 2.32. The maximum Gasteiger partial charge on any atom is 0.260 e. The Morgan fingerprint density at radius 3 is 2.61 bits per heavy atom. The second-order valence-electron chi connectivity index (χ2n) is 6.86. The second-order valence-corrected chi connectivity index (χ2v) is 8.68. The predicted molar refractivity (Wildman–Crippen MR) is 116 cm³/mol. The maximum atomic E-state index is 13.8. The average Bonchev–Trinajstić information content (AvgIpc) is 3.12. The van der Waals surface area contributed by atoms with Crippen LogP contribution in [0.15, 0.2) is 63.9 Å². The Balaban J connectivity index is 1.64. The summed E-state index contributed by atoms with van der Waals surface area (Å²) in [7, 11) is 0. The minimum absolute atomic E-state index is 0.162. The first kappa shape index (κ1) is 18.9. The zero-order valence-corrected chi connectivity index (χ0v) is 17.2. The molecule has 0 aliphatic heterocycles. The molecule has 4 rings (SSSR count). The van der Waals surface area contributed by atoms with Gasteiger partial charge >= 0.3 is 0 Å². The number of hydrogen-bond donors (Lipinski definition) is 1. The number of thioether (sulfide) groups is 1. The fraction of sp³-hybridized carbons (Fsp3) is 0.182. The van der Waals surface area contributed by atoms with E-state index >= 15 is 0 Å². The van der Waals surface area contributed by atoms with Crippen molar-refractivity contribution in [3.05, 3.63) is 81.2 Å². The van der Waals surface area contributed by atoms with Crippen LogP contribution in [0.1, 0.15) is 30.9 Å². The molecule has 0 fully saturated rings. The van der Waals surface area contributed by atoms with Gasteiger partial charge in [0.25, 0.3) is 5.56 Å². The Labute approximate surface area is 170 Å². The van der Waals surface area contributed by atoms with Gasteiger partial charge < -0.3 is 4.98 Å². The summed E-state index contributed by atoms with van der Waals surface area (Å²) >= 11 is 2.78. The number of aromatic amines is 1. The first-order chi connectivity index (χ1) is 13.5. The molecule has 3 nitrogen and oxygen atoms in total. The highest BCUT2D eigenvalue weighted by Gasteiger charge is 2.14. The van der Waals surface area contributed by atoms with Crippen LogP contribution in [0, 0.1) is 5.82 Å². The molecule has 0 amide bonds. The van der Waals surface area contributed by atoms with E-state index in [1.54, 1.807) is 18.2 Å². The number of halogens is 1. The Hall–Kier alpha value is -2.44. The molecule has 142 valence electrons. The molecule has 0 radical (unpaired) electrons. The van der Waals surface area contributed by atoms with Crippen molar-refractivity contribution < 1.29 is 4.39 Å². The van der Waals surface area contributed by atoms with E-state index in [1.165, 1.54) is 34.7 Å². The molecular formula is C22H19FN2OS2. The standard InChI is InChI=1S/C22H19FN2OS2/c1-13(2)14-7-9-15(10-8-14)17-12-27-21-19(17)20(26)24-22(25-21)28-11-16-5-3-4-6-18(16)23/h3-10,12-13H,11H2,1-2H3,(H,24,25,26). The summed E-state index contributed by atoms with van der Waals surface area (Å²) in [5, 5.41) is 3.09. The fourth-order valence-electron chi connectivity index (χ4n) is 3.02. The van der Waals surface area contributed by atoms with E-state index < -0.39 is 0 Å². The molecule has 0 unspecified atom stereocenters. The molecule has 4 aromatic rings. The Bertz CT molecular complexity index is 1180. The van der Waals surface area contributed by atoms with Crippen LogP contribution in [0.4, 0.5) is 4.39 Å². The van der Waals surface area contributed by atoms with Crippen molar-refractivity contribution in [2.24, 2.45) is 0 Å². The molecule has 0 saturated carbocycles. The number of H-pyrrole nitrogens is 1. The molecule has 0 aliphatic carbocycles. The Morgan fingerprint density at radius 2 is 1.89 bits per heavy atom. The normalized spacial score (nSPS) is 11.4. The third-order valence-corrected chi connectivity index (χ3v) is 6.43. The van der Waals surface area contributed by atoms with E-state index in [4.69, 9.17) is 0 Å². The van der Waals surface area contributed by atoms with E-state index in [-0.39, 0.29) is 11.4 Å². The van der Waals surface area contributed by atoms with Crippen molar-refractivity contribution >= 4 is 33.3 Å². The number of aromatic nitrogens is 2. The van der Waals surface area contributed by atoms with Gasteiger partial charge in [-0.25, -0.2) is 9.37 Å². The lowest BCUT2D eigenvalue weighted by Gasteiger charge is -2.06. The largest absolute Gasteiger partial charge is 0.301 e. The lowest BCUT2D eigenvalue weighted by atomic mass is 9.99. The molecule has 0 bridgehead atoms. The Kier molecular flexibility index (Phi) is 5.33. The van der Waals surface area contributed by atoms with Crippen molar-refractivity contribution in [2.45, 2.75) is 30.7 Å². The van der Waals surface area contributed by atoms with Crippen LogP contribution in [-0.4, -0.2) is 9.97 Å². The topological polar surface area (TPSA) is 45.8 Å². The van der Waals surface area contributed by atoms with Gasteiger partial charge in [-0.2, -0.15) is 0 Å².